The van der Waals surface area contributed by atoms with E-state index >= 15 is 0 Å². The van der Waals surface area contributed by atoms with Crippen LogP contribution in [0.2, 0.25) is 0 Å². The van der Waals surface area contributed by atoms with Crippen LogP contribution in [0.1, 0.15) is 67.3 Å². The molecular formula is C27H34O5. The van der Waals surface area contributed by atoms with Crippen LogP contribution in [-0.2, 0) is 29.0 Å². The average Bonchev–Trinajstić information content (AvgIpc) is 2.73. The Hall–Kier alpha value is -2.53. The molecule has 0 aliphatic carbocycles. The number of ether oxygens (including phenoxy) is 3. The highest BCUT2D eigenvalue weighted by atomic mass is 16.5. The van der Waals surface area contributed by atoms with E-state index in [1.54, 1.807) is 0 Å². The molecule has 2 aromatic rings. The predicted octanol–water partition coefficient (Wildman–Crippen LogP) is 4.99. The van der Waals surface area contributed by atoms with Crippen molar-refractivity contribution in [2.24, 2.45) is 0 Å². The third-order valence-electron chi connectivity index (χ3n) is 6.67. The lowest BCUT2D eigenvalue weighted by Crippen LogP contribution is -2.34. The second-order valence-corrected chi connectivity index (χ2v) is 9.75. The SMILES string of the molecule is Cc1c(CC[C@H]2C[C@H](O)CC(=O)O2)c2c(c(C)c1OCc1ccccc1)CCC(C)(C)O2. The Bertz CT molecular complexity index is 980. The van der Waals surface area contributed by atoms with E-state index in [-0.39, 0.29) is 24.1 Å². The van der Waals surface area contributed by atoms with Crippen LogP contribution in [0.3, 0.4) is 0 Å². The molecule has 2 atom stereocenters. The van der Waals surface area contributed by atoms with Crippen LogP contribution in [0, 0.1) is 13.8 Å². The van der Waals surface area contributed by atoms with Crippen LogP contribution in [0.25, 0.3) is 0 Å². The molecule has 1 N–H and O–H groups in total. The van der Waals surface area contributed by atoms with Gasteiger partial charge in [0.05, 0.1) is 12.5 Å². The van der Waals surface area contributed by atoms with Gasteiger partial charge < -0.3 is 19.3 Å². The maximum absolute atomic E-state index is 11.8. The molecule has 2 heterocycles. The fourth-order valence-electron chi connectivity index (χ4n) is 4.85. The van der Waals surface area contributed by atoms with E-state index in [1.807, 2.05) is 18.2 Å². The number of cyclic esters (lactones) is 1. The van der Waals surface area contributed by atoms with E-state index in [2.05, 4.69) is 39.8 Å². The third-order valence-corrected chi connectivity index (χ3v) is 6.67. The smallest absolute Gasteiger partial charge is 0.308 e. The van der Waals surface area contributed by atoms with Crippen molar-refractivity contribution < 1.29 is 24.1 Å². The fourth-order valence-corrected chi connectivity index (χ4v) is 4.85. The normalized spacial score (nSPS) is 22.0. The highest BCUT2D eigenvalue weighted by Gasteiger charge is 2.33. The monoisotopic (exact) mass is 438 g/mol. The standard InChI is InChI=1S/C27H34O5/c1-17-22(11-10-21-14-20(28)15-24(29)31-21)26-23(12-13-27(3,4)32-26)18(2)25(17)30-16-19-8-6-5-7-9-19/h5-9,20-21,28H,10-16H2,1-4H3/t20-,21-/m0/s1. The summed E-state index contributed by atoms with van der Waals surface area (Å²) in [7, 11) is 0. The number of hydrogen-bond acceptors (Lipinski definition) is 5. The zero-order chi connectivity index (χ0) is 22.9. The molecule has 172 valence electrons. The molecule has 0 amide bonds. The number of aliphatic hydroxyl groups is 1. The first kappa shape index (κ1) is 22.7. The van der Waals surface area contributed by atoms with Crippen molar-refractivity contribution in [3.8, 4) is 11.5 Å². The van der Waals surface area contributed by atoms with Gasteiger partial charge >= 0.3 is 5.97 Å². The van der Waals surface area contributed by atoms with Gasteiger partial charge in [0, 0.05) is 17.5 Å². The van der Waals surface area contributed by atoms with Crippen LogP contribution >= 0.6 is 0 Å². The maximum atomic E-state index is 11.8. The summed E-state index contributed by atoms with van der Waals surface area (Å²) in [4.78, 5) is 11.8. The molecule has 2 aromatic carbocycles. The Labute approximate surface area is 190 Å². The van der Waals surface area contributed by atoms with Crippen LogP contribution in [-0.4, -0.2) is 28.9 Å². The Kier molecular flexibility index (Phi) is 6.47. The van der Waals surface area contributed by atoms with Gasteiger partial charge in [-0.1, -0.05) is 30.3 Å². The van der Waals surface area contributed by atoms with Crippen molar-refractivity contribution in [3.63, 3.8) is 0 Å². The van der Waals surface area contributed by atoms with Crippen LogP contribution < -0.4 is 9.47 Å². The molecule has 2 aliphatic heterocycles. The number of rotatable bonds is 6. The first-order valence-electron chi connectivity index (χ1n) is 11.6. The van der Waals surface area contributed by atoms with Crippen molar-refractivity contribution in [1.82, 2.24) is 0 Å². The zero-order valence-electron chi connectivity index (χ0n) is 19.6. The summed E-state index contributed by atoms with van der Waals surface area (Å²) in [5.74, 6) is 1.57. The Morgan fingerprint density at radius 3 is 2.62 bits per heavy atom. The maximum Gasteiger partial charge on any atom is 0.308 e. The minimum absolute atomic E-state index is 0.0875. The molecule has 0 saturated carbocycles. The minimum atomic E-state index is -0.616. The molecule has 5 heteroatoms. The highest BCUT2D eigenvalue weighted by Crippen LogP contribution is 2.45. The van der Waals surface area contributed by atoms with Gasteiger partial charge in [-0.25, -0.2) is 0 Å². The molecule has 0 aromatic heterocycles. The van der Waals surface area contributed by atoms with E-state index in [1.165, 1.54) is 5.56 Å². The molecule has 32 heavy (non-hydrogen) atoms. The Balaban J connectivity index is 1.64. The van der Waals surface area contributed by atoms with Gasteiger partial charge in [0.2, 0.25) is 0 Å². The van der Waals surface area contributed by atoms with Crippen molar-refractivity contribution in [1.29, 1.82) is 0 Å². The molecular weight excluding hydrogens is 404 g/mol. The molecule has 5 nitrogen and oxygen atoms in total. The number of aliphatic hydroxyl groups excluding tert-OH is 1. The Morgan fingerprint density at radius 2 is 1.91 bits per heavy atom. The van der Waals surface area contributed by atoms with Crippen molar-refractivity contribution in [2.45, 2.75) is 90.6 Å². The van der Waals surface area contributed by atoms with E-state index < -0.39 is 6.10 Å². The summed E-state index contributed by atoms with van der Waals surface area (Å²) in [6.45, 7) is 8.99. The summed E-state index contributed by atoms with van der Waals surface area (Å²) in [6, 6.07) is 10.2. The van der Waals surface area contributed by atoms with Crippen molar-refractivity contribution in [2.75, 3.05) is 0 Å². The average molecular weight is 439 g/mol. The van der Waals surface area contributed by atoms with Gasteiger partial charge in [-0.05, 0) is 70.1 Å². The van der Waals surface area contributed by atoms with Gasteiger partial charge in [-0.15, -0.1) is 0 Å². The van der Waals surface area contributed by atoms with Crippen LogP contribution in [0.4, 0.5) is 0 Å². The minimum Gasteiger partial charge on any atom is -0.488 e. The van der Waals surface area contributed by atoms with E-state index in [4.69, 9.17) is 14.2 Å². The molecule has 0 radical (unpaired) electrons. The number of carbonyl (C=O) groups excluding carboxylic acids is 1. The van der Waals surface area contributed by atoms with E-state index in [9.17, 15) is 9.90 Å². The lowest BCUT2D eigenvalue weighted by atomic mass is 9.86. The molecule has 0 unspecified atom stereocenters. The summed E-state index contributed by atoms with van der Waals surface area (Å²) in [5, 5.41) is 9.98. The second kappa shape index (κ2) is 9.14. The van der Waals surface area contributed by atoms with Crippen LogP contribution in [0.15, 0.2) is 30.3 Å². The number of carbonyl (C=O) groups is 1. The van der Waals surface area contributed by atoms with Gasteiger partial charge in [0.25, 0.3) is 0 Å². The molecule has 1 fully saturated rings. The number of fused-ring (bicyclic) bond motifs is 1. The van der Waals surface area contributed by atoms with Gasteiger partial charge in [-0.3, -0.25) is 4.79 Å². The zero-order valence-corrected chi connectivity index (χ0v) is 19.6. The van der Waals surface area contributed by atoms with Crippen LogP contribution in [0.5, 0.6) is 11.5 Å². The molecule has 4 rings (SSSR count). The molecule has 0 bridgehead atoms. The topological polar surface area (TPSA) is 65.0 Å². The number of esters is 1. The first-order chi connectivity index (χ1) is 15.2. The molecule has 2 aliphatic rings. The summed E-state index contributed by atoms with van der Waals surface area (Å²) < 4.78 is 18.3. The molecule has 0 spiro atoms. The third kappa shape index (κ3) is 4.93. The van der Waals surface area contributed by atoms with Crippen molar-refractivity contribution in [3.05, 3.63) is 58.1 Å². The van der Waals surface area contributed by atoms with E-state index in [0.29, 0.717) is 25.9 Å². The number of benzene rings is 2. The van der Waals surface area contributed by atoms with Crippen molar-refractivity contribution >= 4 is 5.97 Å². The second-order valence-electron chi connectivity index (χ2n) is 9.75. The lowest BCUT2D eigenvalue weighted by molar-refractivity contribution is -0.160. The largest absolute Gasteiger partial charge is 0.488 e. The lowest BCUT2D eigenvalue weighted by Gasteiger charge is -2.36. The summed E-state index contributed by atoms with van der Waals surface area (Å²) in [6.07, 6.45) is 2.95. The van der Waals surface area contributed by atoms with Gasteiger partial charge in [0.15, 0.2) is 0 Å². The highest BCUT2D eigenvalue weighted by molar-refractivity contribution is 5.71. The van der Waals surface area contributed by atoms with E-state index in [0.717, 1.165) is 46.6 Å². The molecule has 1 saturated heterocycles. The fraction of sp³-hybridized carbons (Fsp3) is 0.519. The van der Waals surface area contributed by atoms with Gasteiger partial charge in [0.1, 0.15) is 29.8 Å². The number of hydrogen-bond donors (Lipinski definition) is 1. The summed E-state index contributed by atoms with van der Waals surface area (Å²) >= 11 is 0. The van der Waals surface area contributed by atoms with Gasteiger partial charge in [-0.2, -0.15) is 0 Å². The quantitative estimate of drug-likeness (QED) is 0.644. The first-order valence-corrected chi connectivity index (χ1v) is 11.6. The Morgan fingerprint density at radius 1 is 1.16 bits per heavy atom. The predicted molar refractivity (Wildman–Crippen MR) is 123 cm³/mol. The summed E-state index contributed by atoms with van der Waals surface area (Å²) in [5.41, 5.74) is 5.47.